The molecule has 0 aliphatic carbocycles. The summed E-state index contributed by atoms with van der Waals surface area (Å²) in [6, 6.07) is 17.9. The summed E-state index contributed by atoms with van der Waals surface area (Å²) in [6.45, 7) is 7.72. The number of hydrogen-bond acceptors (Lipinski definition) is 6. The predicted octanol–water partition coefficient (Wildman–Crippen LogP) is 4.42. The van der Waals surface area contributed by atoms with Crippen LogP contribution in [0.15, 0.2) is 60.8 Å². The van der Waals surface area contributed by atoms with E-state index in [2.05, 4.69) is 64.0 Å². The van der Waals surface area contributed by atoms with E-state index in [1.165, 1.54) is 0 Å². The summed E-state index contributed by atoms with van der Waals surface area (Å²) in [5.41, 5.74) is 2.80. The fraction of sp³-hybridized carbons (Fsp3) is 0.304. The second-order valence-corrected chi connectivity index (χ2v) is 8.80. The van der Waals surface area contributed by atoms with Gasteiger partial charge in [0.25, 0.3) is 0 Å². The first-order chi connectivity index (χ1) is 14.9. The van der Waals surface area contributed by atoms with Crippen molar-refractivity contribution in [2.24, 2.45) is 0 Å². The number of rotatable bonds is 7. The van der Waals surface area contributed by atoms with E-state index in [1.807, 2.05) is 47.1 Å². The Morgan fingerprint density at radius 2 is 1.84 bits per heavy atom. The largest absolute Gasteiger partial charge is 0.383 e. The molecule has 7 nitrogen and oxygen atoms in total. The first kappa shape index (κ1) is 21.2. The summed E-state index contributed by atoms with van der Waals surface area (Å²) < 4.78 is 1.88. The van der Waals surface area contributed by atoms with Crippen molar-refractivity contribution in [1.82, 2.24) is 30.5 Å². The summed E-state index contributed by atoms with van der Waals surface area (Å²) in [7, 11) is 0. The zero-order valence-corrected chi connectivity index (χ0v) is 18.6. The van der Waals surface area contributed by atoms with Gasteiger partial charge in [0.05, 0.1) is 17.1 Å². The van der Waals surface area contributed by atoms with E-state index in [1.54, 1.807) is 6.20 Å². The van der Waals surface area contributed by atoms with Crippen LogP contribution in [0.2, 0.25) is 5.02 Å². The van der Waals surface area contributed by atoms with Gasteiger partial charge in [0.15, 0.2) is 5.82 Å². The number of halogens is 1. The number of benzene rings is 2. The molecule has 2 N–H and O–H groups in total. The van der Waals surface area contributed by atoms with E-state index in [4.69, 9.17) is 11.6 Å². The maximum absolute atomic E-state index is 6.10. The Balaban J connectivity index is 1.50. The number of tetrazole rings is 1. The highest BCUT2D eigenvalue weighted by Crippen LogP contribution is 2.25. The third-order valence-corrected chi connectivity index (χ3v) is 5.25. The monoisotopic (exact) mass is 435 g/mol. The number of nitrogens with one attached hydrogen (secondary N) is 2. The zero-order valence-electron chi connectivity index (χ0n) is 17.9. The zero-order chi connectivity index (χ0) is 21.8. The molecule has 31 heavy (non-hydrogen) atoms. The molecule has 8 heteroatoms. The number of fused-ring (bicyclic) bond motifs is 1. The van der Waals surface area contributed by atoms with Crippen LogP contribution in [-0.4, -0.2) is 38.3 Å². The normalized spacial score (nSPS) is 12.8. The lowest BCUT2D eigenvalue weighted by molar-refractivity contribution is 0.325. The first-order valence-corrected chi connectivity index (χ1v) is 10.7. The Morgan fingerprint density at radius 1 is 1.03 bits per heavy atom. The molecule has 0 saturated heterocycles. The van der Waals surface area contributed by atoms with Crippen molar-refractivity contribution < 1.29 is 0 Å². The highest BCUT2D eigenvalue weighted by Gasteiger charge is 2.26. The second kappa shape index (κ2) is 8.99. The van der Waals surface area contributed by atoms with Crippen LogP contribution in [0.3, 0.4) is 0 Å². The molecule has 0 aliphatic heterocycles. The van der Waals surface area contributed by atoms with Gasteiger partial charge in [0, 0.05) is 35.4 Å². The molecule has 0 bridgehead atoms. The van der Waals surface area contributed by atoms with Gasteiger partial charge in [-0.3, -0.25) is 4.98 Å². The van der Waals surface area contributed by atoms with Gasteiger partial charge in [-0.25, -0.2) is 4.68 Å². The molecular formula is C23H26ClN7. The molecule has 2 aromatic heterocycles. The smallest absolute Gasteiger partial charge is 0.173 e. The summed E-state index contributed by atoms with van der Waals surface area (Å²) in [5.74, 6) is 0.794. The van der Waals surface area contributed by atoms with Crippen molar-refractivity contribution in [3.8, 4) is 0 Å². The van der Waals surface area contributed by atoms with Crippen molar-refractivity contribution in [3.05, 3.63) is 77.2 Å². The van der Waals surface area contributed by atoms with Crippen molar-refractivity contribution in [1.29, 1.82) is 0 Å². The maximum Gasteiger partial charge on any atom is 0.173 e. The Hall–Kier alpha value is -3.03. The van der Waals surface area contributed by atoms with Crippen LogP contribution in [0.1, 0.15) is 38.2 Å². The highest BCUT2D eigenvalue weighted by atomic mass is 35.5. The lowest BCUT2D eigenvalue weighted by Gasteiger charge is -2.25. The molecule has 0 spiro atoms. The number of anilines is 1. The third kappa shape index (κ3) is 4.84. The van der Waals surface area contributed by atoms with Crippen molar-refractivity contribution >= 4 is 28.2 Å². The van der Waals surface area contributed by atoms with Gasteiger partial charge in [-0.2, -0.15) is 0 Å². The number of aromatic nitrogens is 5. The quantitative estimate of drug-likeness (QED) is 0.418. The minimum atomic E-state index is -0.219. The van der Waals surface area contributed by atoms with Gasteiger partial charge in [0.2, 0.25) is 0 Å². The molecule has 4 aromatic rings. The minimum absolute atomic E-state index is 0.120. The van der Waals surface area contributed by atoms with Gasteiger partial charge >= 0.3 is 0 Å². The van der Waals surface area contributed by atoms with Gasteiger partial charge in [-0.15, -0.1) is 5.10 Å². The average Bonchev–Trinajstić information content (AvgIpc) is 3.24. The van der Waals surface area contributed by atoms with E-state index in [-0.39, 0.29) is 11.6 Å². The summed E-state index contributed by atoms with van der Waals surface area (Å²) in [4.78, 5) is 4.40. The maximum atomic E-state index is 6.10. The predicted molar refractivity (Wildman–Crippen MR) is 124 cm³/mol. The minimum Gasteiger partial charge on any atom is -0.383 e. The Kier molecular flexibility index (Phi) is 6.15. The first-order valence-electron chi connectivity index (χ1n) is 10.3. The molecule has 160 valence electrons. The SMILES string of the molecule is CC(C)(C)n1nnnc1C(NCCNc1ccnc2cc(Cl)ccc12)c1ccccc1. The fourth-order valence-electron chi connectivity index (χ4n) is 3.54. The summed E-state index contributed by atoms with van der Waals surface area (Å²) in [6.07, 6.45) is 1.79. The molecule has 0 amide bonds. The van der Waals surface area contributed by atoms with Gasteiger partial charge in [-0.1, -0.05) is 41.9 Å². The van der Waals surface area contributed by atoms with E-state index in [0.717, 1.165) is 34.5 Å². The Bertz CT molecular complexity index is 1150. The van der Waals surface area contributed by atoms with Gasteiger partial charge < -0.3 is 10.6 Å². The van der Waals surface area contributed by atoms with Gasteiger partial charge in [-0.05, 0) is 61.0 Å². The van der Waals surface area contributed by atoms with Crippen molar-refractivity contribution in [2.45, 2.75) is 32.4 Å². The second-order valence-electron chi connectivity index (χ2n) is 8.36. The molecule has 2 aromatic carbocycles. The van der Waals surface area contributed by atoms with Crippen molar-refractivity contribution in [2.75, 3.05) is 18.4 Å². The standard InChI is InChI=1S/C23H26ClN7/c1-23(2,3)31-22(28-29-30-31)21(16-7-5-4-6-8-16)27-14-13-26-19-11-12-25-20-15-17(24)9-10-18(19)20/h4-12,15,21,27H,13-14H2,1-3H3,(H,25,26). The Labute approximate surface area is 186 Å². The van der Waals surface area contributed by atoms with E-state index < -0.39 is 0 Å². The molecule has 4 rings (SSSR count). The van der Waals surface area contributed by atoms with Crippen LogP contribution in [0.5, 0.6) is 0 Å². The molecule has 0 fully saturated rings. The third-order valence-electron chi connectivity index (χ3n) is 5.01. The fourth-order valence-corrected chi connectivity index (χ4v) is 3.71. The highest BCUT2D eigenvalue weighted by molar-refractivity contribution is 6.31. The molecule has 0 aliphatic rings. The average molecular weight is 436 g/mol. The lowest BCUT2D eigenvalue weighted by atomic mass is 10.0. The van der Waals surface area contributed by atoms with Crippen LogP contribution in [0, 0.1) is 0 Å². The van der Waals surface area contributed by atoms with Crippen LogP contribution < -0.4 is 10.6 Å². The summed E-state index contributed by atoms with van der Waals surface area (Å²) in [5, 5.41) is 21.4. The number of nitrogens with zero attached hydrogens (tertiary/aromatic N) is 5. The lowest BCUT2D eigenvalue weighted by Crippen LogP contribution is -2.34. The Morgan fingerprint density at radius 3 is 2.61 bits per heavy atom. The summed E-state index contributed by atoms with van der Waals surface area (Å²) >= 11 is 6.10. The van der Waals surface area contributed by atoms with Crippen LogP contribution >= 0.6 is 11.6 Å². The molecule has 0 saturated carbocycles. The van der Waals surface area contributed by atoms with Crippen molar-refractivity contribution in [3.63, 3.8) is 0 Å². The molecular weight excluding hydrogens is 410 g/mol. The van der Waals surface area contributed by atoms with Crippen LogP contribution in [0.25, 0.3) is 10.9 Å². The molecule has 1 atom stereocenters. The van der Waals surface area contributed by atoms with Crippen LogP contribution in [-0.2, 0) is 5.54 Å². The van der Waals surface area contributed by atoms with E-state index >= 15 is 0 Å². The number of pyridine rings is 1. The topological polar surface area (TPSA) is 80.5 Å². The molecule has 0 radical (unpaired) electrons. The van der Waals surface area contributed by atoms with E-state index in [9.17, 15) is 0 Å². The van der Waals surface area contributed by atoms with E-state index in [0.29, 0.717) is 11.6 Å². The molecule has 1 unspecified atom stereocenters. The van der Waals surface area contributed by atoms with Crippen LogP contribution in [0.4, 0.5) is 5.69 Å². The molecule has 2 heterocycles. The number of hydrogen-bond donors (Lipinski definition) is 2. The van der Waals surface area contributed by atoms with Gasteiger partial charge in [0.1, 0.15) is 0 Å².